The molecule has 2 rings (SSSR count). The molecule has 0 radical (unpaired) electrons. The van der Waals surface area contributed by atoms with Gasteiger partial charge >= 0.3 is 5.97 Å². The Kier molecular flexibility index (Phi) is 5.56. The topological polar surface area (TPSA) is 40.5 Å². The van der Waals surface area contributed by atoms with Crippen molar-refractivity contribution in [1.82, 2.24) is 4.90 Å². The molecule has 2 aromatic rings. The molecule has 1 aromatic heterocycles. The highest BCUT2D eigenvalue weighted by molar-refractivity contribution is 9.10. The minimum absolute atomic E-state index is 0.0694. The number of hydrogen-bond acceptors (Lipinski definition) is 3. The smallest absolute Gasteiger partial charge is 0.317 e. The van der Waals surface area contributed by atoms with Gasteiger partial charge in [-0.15, -0.1) is 11.3 Å². The first-order chi connectivity index (χ1) is 9.97. The van der Waals surface area contributed by atoms with E-state index in [2.05, 4.69) is 34.1 Å². The molecule has 1 aromatic carbocycles. The number of carbonyl (C=O) groups is 1. The first kappa shape index (κ1) is 16.2. The molecule has 0 aliphatic carbocycles. The number of rotatable bonds is 6. The second-order valence-corrected chi connectivity index (χ2v) is 7.16. The molecule has 0 aliphatic heterocycles. The number of carboxylic acid groups (broad SMARTS) is 1. The number of nitrogens with zero attached hydrogens (tertiary/aromatic N) is 1. The molecule has 112 valence electrons. The van der Waals surface area contributed by atoms with Gasteiger partial charge in [-0.05, 0) is 32.0 Å². The van der Waals surface area contributed by atoms with Gasteiger partial charge in [-0.3, -0.25) is 9.69 Å². The third-order valence-corrected chi connectivity index (χ3v) is 5.02. The third-order valence-electron chi connectivity index (χ3n) is 3.23. The first-order valence-electron chi connectivity index (χ1n) is 6.77. The van der Waals surface area contributed by atoms with Gasteiger partial charge in [0.05, 0.1) is 6.54 Å². The molecule has 0 amide bonds. The fourth-order valence-electron chi connectivity index (χ4n) is 2.06. The average Bonchev–Trinajstić information content (AvgIpc) is 2.86. The van der Waals surface area contributed by atoms with Crippen LogP contribution in [0.25, 0.3) is 10.4 Å². The van der Waals surface area contributed by atoms with Crippen LogP contribution in [0.2, 0.25) is 0 Å². The van der Waals surface area contributed by atoms with Crippen LogP contribution < -0.4 is 0 Å². The quantitative estimate of drug-likeness (QED) is 0.818. The van der Waals surface area contributed by atoms with Crippen molar-refractivity contribution in [2.75, 3.05) is 6.54 Å². The highest BCUT2D eigenvalue weighted by Gasteiger charge is 2.15. The van der Waals surface area contributed by atoms with Crippen LogP contribution in [0.4, 0.5) is 0 Å². The maximum absolute atomic E-state index is 10.9. The Bertz CT molecular complexity index is 624. The molecular weight excluding hydrogens is 350 g/mol. The van der Waals surface area contributed by atoms with E-state index in [9.17, 15) is 4.79 Å². The van der Waals surface area contributed by atoms with Gasteiger partial charge in [-0.25, -0.2) is 0 Å². The van der Waals surface area contributed by atoms with Crippen molar-refractivity contribution in [3.8, 4) is 10.4 Å². The van der Waals surface area contributed by atoms with Crippen LogP contribution in [0.5, 0.6) is 0 Å². The zero-order chi connectivity index (χ0) is 15.4. The van der Waals surface area contributed by atoms with Gasteiger partial charge in [0.25, 0.3) is 0 Å². The van der Waals surface area contributed by atoms with Crippen molar-refractivity contribution in [1.29, 1.82) is 0 Å². The molecule has 0 unspecified atom stereocenters. The maximum atomic E-state index is 10.9. The van der Waals surface area contributed by atoms with Gasteiger partial charge in [-0.1, -0.05) is 34.1 Å². The lowest BCUT2D eigenvalue weighted by atomic mass is 10.2. The predicted octanol–water partition coefficient (Wildman–Crippen LogP) is 4.47. The van der Waals surface area contributed by atoms with Crippen molar-refractivity contribution < 1.29 is 9.90 Å². The molecule has 0 fully saturated rings. The Morgan fingerprint density at radius 2 is 2.00 bits per heavy atom. The second-order valence-electron chi connectivity index (χ2n) is 5.14. The van der Waals surface area contributed by atoms with Crippen molar-refractivity contribution in [3.05, 3.63) is 45.7 Å². The molecule has 3 nitrogen and oxygen atoms in total. The third kappa shape index (κ3) is 4.40. The molecule has 1 N–H and O–H groups in total. The first-order valence-corrected chi connectivity index (χ1v) is 8.37. The van der Waals surface area contributed by atoms with E-state index < -0.39 is 5.97 Å². The monoisotopic (exact) mass is 367 g/mol. The summed E-state index contributed by atoms with van der Waals surface area (Å²) >= 11 is 5.28. The second kappa shape index (κ2) is 7.20. The SMILES string of the molecule is CC(C)N(CC(=O)O)Cc1ccc(-c2ccccc2Br)s1. The highest BCUT2D eigenvalue weighted by Crippen LogP contribution is 2.33. The van der Waals surface area contributed by atoms with Crippen molar-refractivity contribution in [3.63, 3.8) is 0 Å². The highest BCUT2D eigenvalue weighted by atomic mass is 79.9. The van der Waals surface area contributed by atoms with E-state index in [0.29, 0.717) is 6.54 Å². The summed E-state index contributed by atoms with van der Waals surface area (Å²) in [4.78, 5) is 15.3. The Hall–Kier alpha value is -1.17. The number of benzene rings is 1. The van der Waals surface area contributed by atoms with Crippen LogP contribution in [-0.4, -0.2) is 28.6 Å². The van der Waals surface area contributed by atoms with E-state index in [1.807, 2.05) is 36.9 Å². The molecule has 0 aliphatic rings. The molecule has 0 saturated carbocycles. The minimum atomic E-state index is -0.786. The molecule has 5 heteroatoms. The Balaban J connectivity index is 2.16. The summed E-state index contributed by atoms with van der Waals surface area (Å²) in [6, 6.07) is 12.5. The van der Waals surface area contributed by atoms with Gasteiger partial charge in [0.2, 0.25) is 0 Å². The Labute approximate surface area is 137 Å². The van der Waals surface area contributed by atoms with Crippen LogP contribution in [-0.2, 0) is 11.3 Å². The largest absolute Gasteiger partial charge is 0.480 e. The van der Waals surface area contributed by atoms with Gasteiger partial charge in [0.1, 0.15) is 0 Å². The van der Waals surface area contributed by atoms with E-state index in [1.54, 1.807) is 11.3 Å². The molecule has 1 heterocycles. The van der Waals surface area contributed by atoms with Crippen molar-refractivity contribution in [2.45, 2.75) is 26.4 Å². The lowest BCUT2D eigenvalue weighted by Crippen LogP contribution is -2.34. The van der Waals surface area contributed by atoms with E-state index in [0.717, 1.165) is 4.47 Å². The average molecular weight is 368 g/mol. The lowest BCUT2D eigenvalue weighted by Gasteiger charge is -2.23. The van der Waals surface area contributed by atoms with Crippen LogP contribution in [0, 0.1) is 0 Å². The molecule has 0 atom stereocenters. The van der Waals surface area contributed by atoms with Gasteiger partial charge < -0.3 is 5.11 Å². The van der Waals surface area contributed by atoms with E-state index >= 15 is 0 Å². The molecule has 21 heavy (non-hydrogen) atoms. The van der Waals surface area contributed by atoms with Gasteiger partial charge in [-0.2, -0.15) is 0 Å². The van der Waals surface area contributed by atoms with Crippen molar-refractivity contribution in [2.24, 2.45) is 0 Å². The number of thiophene rings is 1. The van der Waals surface area contributed by atoms with Gasteiger partial charge in [0.15, 0.2) is 0 Å². The summed E-state index contributed by atoms with van der Waals surface area (Å²) in [5.41, 5.74) is 1.17. The fraction of sp³-hybridized carbons (Fsp3) is 0.312. The molecular formula is C16H18BrNO2S. The van der Waals surface area contributed by atoms with Crippen LogP contribution >= 0.6 is 27.3 Å². The van der Waals surface area contributed by atoms with Crippen LogP contribution in [0.1, 0.15) is 18.7 Å². The van der Waals surface area contributed by atoms with E-state index in [1.165, 1.54) is 15.3 Å². The summed E-state index contributed by atoms with van der Waals surface area (Å²) in [6.45, 7) is 4.77. The molecule has 0 bridgehead atoms. The number of carboxylic acids is 1. The maximum Gasteiger partial charge on any atom is 0.317 e. The van der Waals surface area contributed by atoms with Crippen molar-refractivity contribution >= 4 is 33.2 Å². The summed E-state index contributed by atoms with van der Waals surface area (Å²) in [5, 5.41) is 8.99. The van der Waals surface area contributed by atoms with Crippen LogP contribution in [0.15, 0.2) is 40.9 Å². The zero-order valence-electron chi connectivity index (χ0n) is 12.0. The van der Waals surface area contributed by atoms with Gasteiger partial charge in [0, 0.05) is 32.4 Å². The standard InChI is InChI=1S/C16H18BrNO2S/c1-11(2)18(10-16(19)20)9-12-7-8-15(21-12)13-5-3-4-6-14(13)17/h3-8,11H,9-10H2,1-2H3,(H,19,20). The Morgan fingerprint density at radius 3 is 2.62 bits per heavy atom. The Morgan fingerprint density at radius 1 is 1.29 bits per heavy atom. The van der Waals surface area contributed by atoms with E-state index in [4.69, 9.17) is 5.11 Å². The van der Waals surface area contributed by atoms with E-state index in [-0.39, 0.29) is 12.6 Å². The summed E-state index contributed by atoms with van der Waals surface area (Å²) in [6.07, 6.45) is 0. The summed E-state index contributed by atoms with van der Waals surface area (Å²) < 4.78 is 1.07. The predicted molar refractivity (Wildman–Crippen MR) is 90.6 cm³/mol. The molecule has 0 spiro atoms. The number of hydrogen-bond donors (Lipinski definition) is 1. The summed E-state index contributed by atoms with van der Waals surface area (Å²) in [7, 11) is 0. The number of aliphatic carboxylic acids is 1. The van der Waals surface area contributed by atoms with Crippen LogP contribution in [0.3, 0.4) is 0 Å². The minimum Gasteiger partial charge on any atom is -0.480 e. The lowest BCUT2D eigenvalue weighted by molar-refractivity contribution is -0.138. The fourth-order valence-corrected chi connectivity index (χ4v) is 3.77. The number of halogens is 1. The summed E-state index contributed by atoms with van der Waals surface area (Å²) in [5.74, 6) is -0.786. The molecule has 0 saturated heterocycles. The normalized spacial score (nSPS) is 11.3. The zero-order valence-corrected chi connectivity index (χ0v) is 14.4.